The molecule has 0 aromatic rings. The number of carbonyl (C=O) groups excluding carboxylic acids is 1. The van der Waals surface area contributed by atoms with Crippen molar-refractivity contribution in [3.05, 3.63) is 11.6 Å². The van der Waals surface area contributed by atoms with E-state index in [0.29, 0.717) is 6.42 Å². The average molecular weight is 195 g/mol. The Morgan fingerprint density at radius 1 is 1.43 bits per heavy atom. The number of hydrogen-bond donors (Lipinski definition) is 1. The third-order valence-electron chi connectivity index (χ3n) is 2.66. The van der Waals surface area contributed by atoms with E-state index in [1.54, 1.807) is 0 Å². The summed E-state index contributed by atoms with van der Waals surface area (Å²) in [5.41, 5.74) is 6.65. The molecule has 0 aromatic heterocycles. The van der Waals surface area contributed by atoms with Gasteiger partial charge < -0.3 is 5.73 Å². The van der Waals surface area contributed by atoms with E-state index in [-0.39, 0.29) is 11.8 Å². The molecule has 1 aliphatic carbocycles. The summed E-state index contributed by atoms with van der Waals surface area (Å²) in [5, 5.41) is 0. The van der Waals surface area contributed by atoms with Gasteiger partial charge in [0.2, 0.25) is 0 Å². The molecule has 0 fully saturated rings. The molecular weight excluding hydrogens is 174 g/mol. The van der Waals surface area contributed by atoms with Gasteiger partial charge in [0.25, 0.3) is 0 Å². The Morgan fingerprint density at radius 3 is 2.86 bits per heavy atom. The topological polar surface area (TPSA) is 43.1 Å². The van der Waals surface area contributed by atoms with Gasteiger partial charge in [0.15, 0.2) is 5.78 Å². The number of ketones is 1. The van der Waals surface area contributed by atoms with Gasteiger partial charge in [-0.15, -0.1) is 0 Å². The standard InChI is InChI=1S/C12H21NO/c1-10(13)9-12(14)11-7-5-3-2-4-6-8-11/h7,10H,2-6,8-9,13H2,1H3/b11-7+. The first-order chi connectivity index (χ1) is 6.70. The molecule has 1 aliphatic rings. The highest BCUT2D eigenvalue weighted by atomic mass is 16.1. The fraction of sp³-hybridized carbons (Fsp3) is 0.750. The fourth-order valence-electron chi connectivity index (χ4n) is 1.87. The molecule has 2 nitrogen and oxygen atoms in total. The molecular formula is C12H21NO. The summed E-state index contributed by atoms with van der Waals surface area (Å²) in [6.07, 6.45) is 9.64. The van der Waals surface area contributed by atoms with Crippen molar-refractivity contribution in [1.29, 1.82) is 0 Å². The summed E-state index contributed by atoms with van der Waals surface area (Å²) in [6, 6.07) is -0.00570. The van der Waals surface area contributed by atoms with Crippen LogP contribution in [0.1, 0.15) is 51.9 Å². The maximum Gasteiger partial charge on any atom is 0.160 e. The minimum Gasteiger partial charge on any atom is -0.328 e. The minimum absolute atomic E-state index is 0.00570. The van der Waals surface area contributed by atoms with E-state index >= 15 is 0 Å². The first-order valence-corrected chi connectivity index (χ1v) is 5.68. The van der Waals surface area contributed by atoms with E-state index in [1.165, 1.54) is 19.3 Å². The Kier molecular flexibility index (Phi) is 4.88. The molecule has 0 amide bonds. The average Bonchev–Trinajstić information content (AvgIpc) is 2.00. The number of hydrogen-bond acceptors (Lipinski definition) is 2. The molecule has 80 valence electrons. The van der Waals surface area contributed by atoms with Gasteiger partial charge >= 0.3 is 0 Å². The van der Waals surface area contributed by atoms with Crippen LogP contribution < -0.4 is 5.73 Å². The molecule has 0 saturated heterocycles. The maximum absolute atomic E-state index is 11.7. The highest BCUT2D eigenvalue weighted by molar-refractivity contribution is 5.95. The predicted octanol–water partition coefficient (Wildman–Crippen LogP) is 2.57. The molecule has 0 aliphatic heterocycles. The van der Waals surface area contributed by atoms with E-state index in [4.69, 9.17) is 5.73 Å². The number of Topliss-reactive ketones (excluding diaryl/α,β-unsaturated/α-hetero) is 1. The molecule has 0 spiro atoms. The van der Waals surface area contributed by atoms with Gasteiger partial charge in [-0.1, -0.05) is 18.9 Å². The van der Waals surface area contributed by atoms with E-state index in [1.807, 2.05) is 6.92 Å². The largest absolute Gasteiger partial charge is 0.328 e. The molecule has 0 bridgehead atoms. The van der Waals surface area contributed by atoms with Crippen molar-refractivity contribution in [3.63, 3.8) is 0 Å². The quantitative estimate of drug-likeness (QED) is 0.752. The zero-order chi connectivity index (χ0) is 10.4. The van der Waals surface area contributed by atoms with Gasteiger partial charge in [-0.25, -0.2) is 0 Å². The van der Waals surface area contributed by atoms with Crippen LogP contribution in [-0.4, -0.2) is 11.8 Å². The van der Waals surface area contributed by atoms with Crippen molar-refractivity contribution in [2.45, 2.75) is 57.9 Å². The number of allylic oxidation sites excluding steroid dienone is 2. The second-order valence-electron chi connectivity index (χ2n) is 4.29. The summed E-state index contributed by atoms with van der Waals surface area (Å²) in [7, 11) is 0. The maximum atomic E-state index is 11.7. The lowest BCUT2D eigenvalue weighted by molar-refractivity contribution is -0.116. The lowest BCUT2D eigenvalue weighted by Gasteiger charge is -2.11. The lowest BCUT2D eigenvalue weighted by Crippen LogP contribution is -2.20. The Balaban J connectivity index is 2.50. The fourth-order valence-corrected chi connectivity index (χ4v) is 1.87. The van der Waals surface area contributed by atoms with Gasteiger partial charge in [-0.3, -0.25) is 4.79 Å². The first-order valence-electron chi connectivity index (χ1n) is 5.68. The van der Waals surface area contributed by atoms with E-state index < -0.39 is 0 Å². The molecule has 0 aromatic carbocycles. The van der Waals surface area contributed by atoms with Crippen LogP contribution in [0.25, 0.3) is 0 Å². The number of carbonyl (C=O) groups is 1. The van der Waals surface area contributed by atoms with Crippen molar-refractivity contribution in [2.75, 3.05) is 0 Å². The third-order valence-corrected chi connectivity index (χ3v) is 2.66. The highest BCUT2D eigenvalue weighted by Crippen LogP contribution is 2.18. The zero-order valence-corrected chi connectivity index (χ0v) is 9.09. The molecule has 1 unspecified atom stereocenters. The predicted molar refractivity (Wildman–Crippen MR) is 59.1 cm³/mol. The monoisotopic (exact) mass is 195 g/mol. The Hall–Kier alpha value is -0.630. The second-order valence-corrected chi connectivity index (χ2v) is 4.29. The summed E-state index contributed by atoms with van der Waals surface area (Å²) in [4.78, 5) is 11.7. The SMILES string of the molecule is CC(N)CC(=O)/C1=C/CCCCCC1. The van der Waals surface area contributed by atoms with Crippen molar-refractivity contribution in [1.82, 2.24) is 0 Å². The van der Waals surface area contributed by atoms with Gasteiger partial charge in [0, 0.05) is 12.5 Å². The van der Waals surface area contributed by atoms with Crippen LogP contribution in [0, 0.1) is 0 Å². The number of nitrogens with two attached hydrogens (primary N) is 1. The molecule has 1 atom stereocenters. The van der Waals surface area contributed by atoms with Crippen molar-refractivity contribution in [3.8, 4) is 0 Å². The van der Waals surface area contributed by atoms with Gasteiger partial charge in [0.1, 0.15) is 0 Å². The molecule has 2 heteroatoms. The van der Waals surface area contributed by atoms with Gasteiger partial charge in [-0.05, 0) is 38.2 Å². The van der Waals surface area contributed by atoms with Crippen molar-refractivity contribution < 1.29 is 4.79 Å². The van der Waals surface area contributed by atoms with Crippen molar-refractivity contribution >= 4 is 5.78 Å². The molecule has 0 saturated carbocycles. The van der Waals surface area contributed by atoms with E-state index in [9.17, 15) is 4.79 Å². The van der Waals surface area contributed by atoms with Crippen LogP contribution in [0.15, 0.2) is 11.6 Å². The highest BCUT2D eigenvalue weighted by Gasteiger charge is 2.12. The van der Waals surface area contributed by atoms with Crippen molar-refractivity contribution in [2.24, 2.45) is 5.73 Å². The lowest BCUT2D eigenvalue weighted by atomic mass is 9.95. The van der Waals surface area contributed by atoms with Crippen LogP contribution in [0.3, 0.4) is 0 Å². The van der Waals surface area contributed by atoms with Crippen LogP contribution in [0.5, 0.6) is 0 Å². The molecule has 1 rings (SSSR count). The summed E-state index contributed by atoms with van der Waals surface area (Å²) in [5.74, 6) is 0.266. The summed E-state index contributed by atoms with van der Waals surface area (Å²) in [6.45, 7) is 1.89. The molecule has 0 radical (unpaired) electrons. The zero-order valence-electron chi connectivity index (χ0n) is 9.09. The molecule has 2 N–H and O–H groups in total. The smallest absolute Gasteiger partial charge is 0.160 e. The van der Waals surface area contributed by atoms with Crippen LogP contribution in [-0.2, 0) is 4.79 Å². The van der Waals surface area contributed by atoms with E-state index in [0.717, 1.165) is 24.8 Å². The molecule has 0 heterocycles. The van der Waals surface area contributed by atoms with E-state index in [2.05, 4.69) is 6.08 Å². The second kappa shape index (κ2) is 5.97. The third kappa shape index (κ3) is 4.05. The summed E-state index contributed by atoms with van der Waals surface area (Å²) < 4.78 is 0. The normalized spacial score (nSPS) is 24.3. The van der Waals surface area contributed by atoms with Crippen LogP contribution >= 0.6 is 0 Å². The first kappa shape index (κ1) is 11.4. The summed E-state index contributed by atoms with van der Waals surface area (Å²) >= 11 is 0. The molecule has 14 heavy (non-hydrogen) atoms. The van der Waals surface area contributed by atoms with Gasteiger partial charge in [-0.2, -0.15) is 0 Å². The Morgan fingerprint density at radius 2 is 2.14 bits per heavy atom. The van der Waals surface area contributed by atoms with Crippen LogP contribution in [0.2, 0.25) is 0 Å². The van der Waals surface area contributed by atoms with Gasteiger partial charge in [0.05, 0.1) is 0 Å². The minimum atomic E-state index is -0.00570. The number of rotatable bonds is 3. The Bertz CT molecular complexity index is 218. The van der Waals surface area contributed by atoms with Crippen LogP contribution in [0.4, 0.5) is 0 Å². The Labute approximate surface area is 86.6 Å².